The van der Waals surface area contributed by atoms with E-state index in [0.717, 1.165) is 22.7 Å². The zero-order valence-electron chi connectivity index (χ0n) is 20.0. The molecular formula is C27H29ClN2O5S. The SMILES string of the molecule is COc1ccc(Cl)cc1N(CC(=O)NCC1(c2ccccc2)CCOCC1)S(=O)(=O)c1ccccc1. The minimum absolute atomic E-state index is 0.0602. The van der Waals surface area contributed by atoms with Crippen molar-refractivity contribution >= 4 is 33.2 Å². The largest absolute Gasteiger partial charge is 0.495 e. The van der Waals surface area contributed by atoms with Crippen LogP contribution in [0.1, 0.15) is 18.4 Å². The molecule has 0 saturated carbocycles. The van der Waals surface area contributed by atoms with Crippen LogP contribution in [0.5, 0.6) is 5.75 Å². The Kier molecular flexibility index (Phi) is 8.18. The molecule has 36 heavy (non-hydrogen) atoms. The Bertz CT molecular complexity index is 1280. The second kappa shape index (κ2) is 11.3. The van der Waals surface area contributed by atoms with Crippen LogP contribution in [-0.2, 0) is 25.0 Å². The number of anilines is 1. The molecule has 0 aromatic heterocycles. The molecule has 190 valence electrons. The lowest BCUT2D eigenvalue weighted by atomic mass is 9.74. The molecule has 0 spiro atoms. The molecule has 9 heteroatoms. The predicted octanol–water partition coefficient (Wildman–Crippen LogP) is 4.41. The first-order valence-electron chi connectivity index (χ1n) is 11.7. The van der Waals surface area contributed by atoms with E-state index in [4.69, 9.17) is 21.1 Å². The zero-order valence-corrected chi connectivity index (χ0v) is 21.6. The number of nitrogens with one attached hydrogen (secondary N) is 1. The lowest BCUT2D eigenvalue weighted by molar-refractivity contribution is -0.120. The Hall–Kier alpha value is -3.07. The normalized spacial score (nSPS) is 15.2. The van der Waals surface area contributed by atoms with E-state index in [2.05, 4.69) is 17.4 Å². The minimum Gasteiger partial charge on any atom is -0.495 e. The molecule has 4 rings (SSSR count). The lowest BCUT2D eigenvalue weighted by Crippen LogP contribution is -2.48. The number of carbonyl (C=O) groups excluding carboxylic acids is 1. The molecule has 0 unspecified atom stereocenters. The highest BCUT2D eigenvalue weighted by Gasteiger charge is 2.36. The van der Waals surface area contributed by atoms with Crippen LogP contribution in [-0.4, -0.2) is 47.7 Å². The summed E-state index contributed by atoms with van der Waals surface area (Å²) in [6.45, 7) is 1.12. The van der Waals surface area contributed by atoms with Crippen LogP contribution >= 0.6 is 11.6 Å². The van der Waals surface area contributed by atoms with Crippen LogP contribution in [0.3, 0.4) is 0 Å². The zero-order chi connectivity index (χ0) is 25.6. The van der Waals surface area contributed by atoms with Crippen LogP contribution in [0.25, 0.3) is 0 Å². The van der Waals surface area contributed by atoms with Crippen LogP contribution < -0.4 is 14.4 Å². The number of sulfonamides is 1. The van der Waals surface area contributed by atoms with Crippen molar-refractivity contribution in [1.82, 2.24) is 5.32 Å². The first-order valence-corrected chi connectivity index (χ1v) is 13.5. The number of rotatable bonds is 9. The van der Waals surface area contributed by atoms with E-state index in [1.54, 1.807) is 30.3 Å². The van der Waals surface area contributed by atoms with Gasteiger partial charge in [0.05, 0.1) is 17.7 Å². The smallest absolute Gasteiger partial charge is 0.264 e. The molecule has 0 atom stereocenters. The Morgan fingerprint density at radius 3 is 2.31 bits per heavy atom. The summed E-state index contributed by atoms with van der Waals surface area (Å²) in [6, 6.07) is 22.7. The van der Waals surface area contributed by atoms with Crippen LogP contribution in [0.4, 0.5) is 5.69 Å². The highest BCUT2D eigenvalue weighted by molar-refractivity contribution is 7.92. The summed E-state index contributed by atoms with van der Waals surface area (Å²) in [7, 11) is -2.66. The van der Waals surface area contributed by atoms with Gasteiger partial charge in [-0.05, 0) is 48.7 Å². The molecule has 0 bridgehead atoms. The third-order valence-electron chi connectivity index (χ3n) is 6.49. The van der Waals surface area contributed by atoms with Crippen molar-refractivity contribution in [3.8, 4) is 5.75 Å². The van der Waals surface area contributed by atoms with Gasteiger partial charge in [-0.3, -0.25) is 9.10 Å². The maximum Gasteiger partial charge on any atom is 0.264 e. The van der Waals surface area contributed by atoms with Crippen molar-refractivity contribution in [3.63, 3.8) is 0 Å². The van der Waals surface area contributed by atoms with Gasteiger partial charge in [0, 0.05) is 30.2 Å². The van der Waals surface area contributed by atoms with Crippen molar-refractivity contribution in [2.24, 2.45) is 0 Å². The first-order chi connectivity index (χ1) is 17.4. The number of carbonyl (C=O) groups is 1. The number of ether oxygens (including phenoxy) is 2. The summed E-state index contributed by atoms with van der Waals surface area (Å²) in [5.41, 5.74) is 1.03. The third kappa shape index (κ3) is 5.67. The monoisotopic (exact) mass is 528 g/mol. The summed E-state index contributed by atoms with van der Waals surface area (Å²) < 4.78 is 39.4. The van der Waals surface area contributed by atoms with Gasteiger partial charge < -0.3 is 14.8 Å². The number of hydrogen-bond acceptors (Lipinski definition) is 5. The average Bonchev–Trinajstić information content (AvgIpc) is 2.92. The van der Waals surface area contributed by atoms with Gasteiger partial charge in [0.1, 0.15) is 12.3 Å². The quantitative estimate of drug-likeness (QED) is 0.445. The fraction of sp³-hybridized carbons (Fsp3) is 0.296. The molecule has 0 aliphatic carbocycles. The molecule has 3 aromatic carbocycles. The molecule has 1 N–H and O–H groups in total. The fourth-order valence-electron chi connectivity index (χ4n) is 4.45. The maximum atomic E-state index is 13.7. The van der Waals surface area contributed by atoms with Gasteiger partial charge in [-0.2, -0.15) is 0 Å². The topological polar surface area (TPSA) is 84.9 Å². The van der Waals surface area contributed by atoms with E-state index in [-0.39, 0.29) is 21.7 Å². The highest BCUT2D eigenvalue weighted by atomic mass is 35.5. The highest BCUT2D eigenvalue weighted by Crippen LogP contribution is 2.36. The Balaban J connectivity index is 1.63. The summed E-state index contributed by atoms with van der Waals surface area (Å²) in [6.07, 6.45) is 1.51. The number of methoxy groups -OCH3 is 1. The second-order valence-electron chi connectivity index (χ2n) is 8.68. The van der Waals surface area contributed by atoms with E-state index in [0.29, 0.717) is 24.8 Å². The molecule has 1 aliphatic rings. The third-order valence-corrected chi connectivity index (χ3v) is 8.50. The first kappa shape index (κ1) is 26.0. The molecule has 1 saturated heterocycles. The molecule has 3 aromatic rings. The maximum absolute atomic E-state index is 13.7. The van der Waals surface area contributed by atoms with Crippen molar-refractivity contribution in [2.75, 3.05) is 37.7 Å². The number of halogens is 1. The average molecular weight is 529 g/mol. The van der Waals surface area contributed by atoms with Gasteiger partial charge in [0.25, 0.3) is 10.0 Å². The van der Waals surface area contributed by atoms with Crippen LogP contribution in [0.2, 0.25) is 5.02 Å². The van der Waals surface area contributed by atoms with Crippen molar-refractivity contribution in [3.05, 3.63) is 89.4 Å². The van der Waals surface area contributed by atoms with Gasteiger partial charge in [0.2, 0.25) is 5.91 Å². The molecule has 1 aliphatic heterocycles. The van der Waals surface area contributed by atoms with Gasteiger partial charge in [-0.15, -0.1) is 0 Å². The Morgan fingerprint density at radius 1 is 1.03 bits per heavy atom. The summed E-state index contributed by atoms with van der Waals surface area (Å²) in [5.74, 6) is -0.143. The van der Waals surface area contributed by atoms with E-state index in [1.165, 1.54) is 25.3 Å². The molecule has 0 radical (unpaired) electrons. The fourth-order valence-corrected chi connectivity index (χ4v) is 6.06. The van der Waals surface area contributed by atoms with Crippen molar-refractivity contribution in [1.29, 1.82) is 0 Å². The van der Waals surface area contributed by atoms with E-state index in [1.807, 2.05) is 18.2 Å². The summed E-state index contributed by atoms with van der Waals surface area (Å²) in [5, 5.41) is 3.32. The second-order valence-corrected chi connectivity index (χ2v) is 11.0. The van der Waals surface area contributed by atoms with Gasteiger partial charge >= 0.3 is 0 Å². The Labute approximate surface area is 217 Å². The molecule has 7 nitrogen and oxygen atoms in total. The number of nitrogens with zero attached hydrogens (tertiary/aromatic N) is 1. The van der Waals surface area contributed by atoms with E-state index in [9.17, 15) is 13.2 Å². The van der Waals surface area contributed by atoms with Crippen LogP contribution in [0, 0.1) is 0 Å². The van der Waals surface area contributed by atoms with Crippen molar-refractivity contribution < 1.29 is 22.7 Å². The summed E-state index contributed by atoms with van der Waals surface area (Å²) >= 11 is 6.21. The molecule has 1 fully saturated rings. The number of amides is 1. The molecule has 1 amide bonds. The van der Waals surface area contributed by atoms with Gasteiger partial charge in [0.15, 0.2) is 0 Å². The Morgan fingerprint density at radius 2 is 1.67 bits per heavy atom. The number of benzene rings is 3. The lowest BCUT2D eigenvalue weighted by Gasteiger charge is -2.38. The van der Waals surface area contributed by atoms with E-state index >= 15 is 0 Å². The van der Waals surface area contributed by atoms with Crippen LogP contribution in [0.15, 0.2) is 83.8 Å². The number of hydrogen-bond donors (Lipinski definition) is 1. The molecule has 1 heterocycles. The van der Waals surface area contributed by atoms with E-state index < -0.39 is 22.5 Å². The summed E-state index contributed by atoms with van der Waals surface area (Å²) in [4.78, 5) is 13.3. The predicted molar refractivity (Wildman–Crippen MR) is 140 cm³/mol. The van der Waals surface area contributed by atoms with Gasteiger partial charge in [-0.1, -0.05) is 60.1 Å². The van der Waals surface area contributed by atoms with Crippen molar-refractivity contribution in [2.45, 2.75) is 23.2 Å². The molecular weight excluding hydrogens is 500 g/mol. The standard InChI is InChI=1S/C27H29ClN2O5S/c1-34-25-13-12-22(28)18-24(25)30(36(32,33)23-10-6-3-7-11-23)19-26(31)29-20-27(14-16-35-17-15-27)21-8-4-2-5-9-21/h2-13,18H,14-17,19-20H2,1H3,(H,29,31). The minimum atomic E-state index is -4.10. The van der Waals surface area contributed by atoms with Gasteiger partial charge in [-0.25, -0.2) is 8.42 Å².